The summed E-state index contributed by atoms with van der Waals surface area (Å²) in [7, 11) is 0. The van der Waals surface area contributed by atoms with Crippen molar-refractivity contribution in [1.29, 1.82) is 0 Å². The summed E-state index contributed by atoms with van der Waals surface area (Å²) >= 11 is 19.1. The number of ether oxygens (including phenoxy) is 4. The highest BCUT2D eigenvalue weighted by Gasteiger charge is 2.24. The normalized spacial score (nSPS) is 12.5. The Morgan fingerprint density at radius 1 is 0.346 bits per heavy atom. The molecule has 5 rings (SSSR count). The van der Waals surface area contributed by atoms with E-state index in [0.717, 1.165) is 115 Å². The first kappa shape index (κ1) is 40.7. The molecule has 0 atom stereocenters. The van der Waals surface area contributed by atoms with Crippen molar-refractivity contribution >= 4 is 50.5 Å². The Labute approximate surface area is 334 Å². The summed E-state index contributed by atoms with van der Waals surface area (Å²) in [6.07, 6.45) is 6.28. The van der Waals surface area contributed by atoms with E-state index in [4.69, 9.17) is 69.5 Å². The van der Waals surface area contributed by atoms with E-state index in [9.17, 15) is 0 Å². The molecule has 280 valence electrons. The van der Waals surface area contributed by atoms with Gasteiger partial charge in [0.2, 0.25) is 0 Å². The quantitative estimate of drug-likeness (QED) is 0.0753. The summed E-state index contributed by atoms with van der Waals surface area (Å²) in [4.78, 5) is 0. The fourth-order valence-electron chi connectivity index (χ4n) is 7.10. The SMILES string of the molecule is CCCOc1c2cc(CS)cc1Cc1cc(CS)cc(c1OCCC)Cc1cc(CS)cc(c1OCCC)Cc1cc(CS)cc(c1OCCC)C2. The van der Waals surface area contributed by atoms with Gasteiger partial charge in [-0.25, -0.2) is 0 Å². The average Bonchev–Trinajstić information content (AvgIpc) is 3.15. The van der Waals surface area contributed by atoms with Crippen LogP contribution in [0.5, 0.6) is 23.0 Å². The fourth-order valence-corrected chi connectivity index (χ4v) is 7.83. The minimum absolute atomic E-state index is 0.624. The summed E-state index contributed by atoms with van der Waals surface area (Å²) in [5, 5.41) is 0. The molecule has 0 saturated carbocycles. The summed E-state index contributed by atoms with van der Waals surface area (Å²) < 4.78 is 26.9. The number of hydrogen-bond acceptors (Lipinski definition) is 8. The molecule has 0 fully saturated rings. The number of rotatable bonds is 16. The van der Waals surface area contributed by atoms with E-state index < -0.39 is 0 Å². The third-order valence-electron chi connectivity index (χ3n) is 9.27. The molecule has 0 heterocycles. The molecule has 8 bridgehead atoms. The lowest BCUT2D eigenvalue weighted by Gasteiger charge is -2.24. The summed E-state index contributed by atoms with van der Waals surface area (Å²) in [6.45, 7) is 11.1. The molecule has 0 N–H and O–H groups in total. The maximum Gasteiger partial charge on any atom is 0.126 e. The largest absolute Gasteiger partial charge is 0.493 e. The van der Waals surface area contributed by atoms with Gasteiger partial charge in [-0.2, -0.15) is 50.5 Å². The van der Waals surface area contributed by atoms with Gasteiger partial charge in [0.15, 0.2) is 0 Å². The molecule has 0 spiro atoms. The van der Waals surface area contributed by atoms with Gasteiger partial charge in [-0.3, -0.25) is 0 Å². The van der Waals surface area contributed by atoms with Gasteiger partial charge in [-0.15, -0.1) is 0 Å². The Morgan fingerprint density at radius 2 is 0.519 bits per heavy atom. The average molecular weight is 777 g/mol. The second-order valence-electron chi connectivity index (χ2n) is 13.7. The van der Waals surface area contributed by atoms with Crippen molar-refractivity contribution in [3.05, 3.63) is 115 Å². The molecule has 1 aliphatic rings. The van der Waals surface area contributed by atoms with Gasteiger partial charge in [-0.05, 0) is 92.4 Å². The molecule has 0 aliphatic heterocycles. The van der Waals surface area contributed by atoms with Crippen LogP contribution in [-0.2, 0) is 48.7 Å². The fraction of sp³-hybridized carbons (Fsp3) is 0.455. The first-order valence-electron chi connectivity index (χ1n) is 18.9. The Bertz CT molecular complexity index is 1450. The van der Waals surface area contributed by atoms with Crippen molar-refractivity contribution in [1.82, 2.24) is 0 Å². The third-order valence-corrected chi connectivity index (χ3v) is 10.7. The van der Waals surface area contributed by atoms with E-state index in [-0.39, 0.29) is 0 Å². The van der Waals surface area contributed by atoms with Gasteiger partial charge in [0.25, 0.3) is 0 Å². The highest BCUT2D eigenvalue weighted by atomic mass is 32.1. The van der Waals surface area contributed by atoms with Crippen LogP contribution < -0.4 is 18.9 Å². The molecule has 52 heavy (non-hydrogen) atoms. The molecule has 0 amide bonds. The van der Waals surface area contributed by atoms with Crippen molar-refractivity contribution in [2.75, 3.05) is 26.4 Å². The van der Waals surface area contributed by atoms with Gasteiger partial charge in [0.1, 0.15) is 23.0 Å². The van der Waals surface area contributed by atoms with E-state index in [1.165, 1.54) is 0 Å². The lowest BCUT2D eigenvalue weighted by atomic mass is 9.88. The summed E-state index contributed by atoms with van der Waals surface area (Å²) in [6, 6.07) is 18.1. The number of fused-ring (bicyclic) bond motifs is 8. The van der Waals surface area contributed by atoms with E-state index >= 15 is 0 Å². The first-order valence-corrected chi connectivity index (χ1v) is 21.5. The minimum atomic E-state index is 0.624. The zero-order chi connectivity index (χ0) is 37.0. The van der Waals surface area contributed by atoms with E-state index in [0.29, 0.717) is 75.1 Å². The molecule has 1 aliphatic carbocycles. The van der Waals surface area contributed by atoms with E-state index in [1.54, 1.807) is 0 Å². The van der Waals surface area contributed by atoms with Crippen LogP contribution in [0, 0.1) is 0 Å². The number of thiol groups is 4. The second-order valence-corrected chi connectivity index (χ2v) is 15.0. The first-order chi connectivity index (χ1) is 25.4. The van der Waals surface area contributed by atoms with Crippen molar-refractivity contribution < 1.29 is 18.9 Å². The Kier molecular flexibility index (Phi) is 15.8. The highest BCUT2D eigenvalue weighted by Crippen LogP contribution is 2.41. The number of benzene rings is 4. The molecule has 4 aromatic rings. The monoisotopic (exact) mass is 776 g/mol. The minimum Gasteiger partial charge on any atom is -0.493 e. The number of hydrogen-bond donors (Lipinski definition) is 4. The predicted molar refractivity (Wildman–Crippen MR) is 231 cm³/mol. The lowest BCUT2D eigenvalue weighted by Crippen LogP contribution is -2.11. The third kappa shape index (κ3) is 9.96. The molecule has 8 heteroatoms. The maximum atomic E-state index is 6.71. The van der Waals surface area contributed by atoms with Crippen molar-refractivity contribution in [2.24, 2.45) is 0 Å². The second kappa shape index (κ2) is 20.2. The Balaban J connectivity index is 1.89. The van der Waals surface area contributed by atoms with E-state index in [1.807, 2.05) is 0 Å². The molecule has 0 unspecified atom stereocenters. The van der Waals surface area contributed by atoms with Crippen LogP contribution in [0.25, 0.3) is 0 Å². The van der Waals surface area contributed by atoms with Crippen molar-refractivity contribution in [3.8, 4) is 23.0 Å². The zero-order valence-electron chi connectivity index (χ0n) is 31.4. The van der Waals surface area contributed by atoms with Crippen LogP contribution in [0.3, 0.4) is 0 Å². The van der Waals surface area contributed by atoms with Crippen LogP contribution in [0.2, 0.25) is 0 Å². The van der Waals surface area contributed by atoms with Gasteiger partial charge in [-0.1, -0.05) is 76.2 Å². The van der Waals surface area contributed by atoms with Crippen LogP contribution in [0.15, 0.2) is 48.5 Å². The maximum absolute atomic E-state index is 6.71. The van der Waals surface area contributed by atoms with Gasteiger partial charge in [0, 0.05) is 48.7 Å². The molecular formula is C44H56O4S4. The van der Waals surface area contributed by atoms with Crippen molar-refractivity contribution in [2.45, 2.75) is 102 Å². The van der Waals surface area contributed by atoms with Crippen LogP contribution in [0.4, 0.5) is 0 Å². The van der Waals surface area contributed by atoms with Crippen molar-refractivity contribution in [3.63, 3.8) is 0 Å². The van der Waals surface area contributed by atoms with Gasteiger partial charge < -0.3 is 18.9 Å². The van der Waals surface area contributed by atoms with Crippen LogP contribution >= 0.6 is 50.5 Å². The smallest absolute Gasteiger partial charge is 0.126 e. The lowest BCUT2D eigenvalue weighted by molar-refractivity contribution is 0.304. The summed E-state index contributed by atoms with van der Waals surface area (Å²) in [5.74, 6) is 6.26. The van der Waals surface area contributed by atoms with Gasteiger partial charge in [0.05, 0.1) is 26.4 Å². The van der Waals surface area contributed by atoms with E-state index in [2.05, 4.69) is 76.2 Å². The highest BCUT2D eigenvalue weighted by molar-refractivity contribution is 7.79. The molecule has 0 saturated heterocycles. The Hall–Kier alpha value is -2.52. The molecule has 0 radical (unpaired) electrons. The van der Waals surface area contributed by atoms with Crippen LogP contribution in [-0.4, -0.2) is 26.4 Å². The molecule has 0 aromatic heterocycles. The van der Waals surface area contributed by atoms with Crippen LogP contribution in [0.1, 0.15) is 120 Å². The van der Waals surface area contributed by atoms with Gasteiger partial charge >= 0.3 is 0 Å². The predicted octanol–water partition coefficient (Wildman–Crippen LogP) is 11.2. The topological polar surface area (TPSA) is 36.9 Å². The molecular weight excluding hydrogens is 721 g/mol. The summed E-state index contributed by atoms with van der Waals surface area (Å²) in [5.41, 5.74) is 13.7. The standard InChI is InChI=1S/C44H56O4S4/c1-5-9-45-41-33-13-29(25-49)14-34(41)22-36-16-31(27-51)18-38(43(36)47-11-7-3)24-40-20-32(28-52)19-39(44(40)48-12-8-4)23-37-17-30(26-50)15-35(21-33)42(37)46-10-6-2/h13-20,49-52H,5-12,21-28H2,1-4H3. The Morgan fingerprint density at radius 3 is 0.654 bits per heavy atom. The molecule has 4 nitrogen and oxygen atoms in total. The molecule has 4 aromatic carbocycles. The zero-order valence-corrected chi connectivity index (χ0v) is 34.9.